The van der Waals surface area contributed by atoms with Gasteiger partial charge < -0.3 is 33.2 Å². The van der Waals surface area contributed by atoms with E-state index in [1.54, 1.807) is 4.90 Å². The highest BCUT2D eigenvalue weighted by molar-refractivity contribution is 6.74. The Kier molecular flexibility index (Phi) is 8.83. The number of nitrogens with zero attached hydrogens (tertiary/aromatic N) is 2. The Bertz CT molecular complexity index is 1150. The van der Waals surface area contributed by atoms with Gasteiger partial charge in [0.1, 0.15) is 16.7 Å². The molecule has 1 aromatic carbocycles. The monoisotopic (exact) mass is 576 g/mol. The van der Waals surface area contributed by atoms with Crippen LogP contribution in [-0.4, -0.2) is 66.8 Å². The second-order valence-electron chi connectivity index (χ2n) is 14.0. The summed E-state index contributed by atoms with van der Waals surface area (Å²) in [4.78, 5) is 14.1. The number of ether oxygens (including phenoxy) is 3. The fraction of sp³-hybridized carbons (Fsp3) is 0.733. The van der Waals surface area contributed by atoms with Crippen LogP contribution in [0, 0.1) is 5.92 Å². The number of hydrogen-bond acceptors (Lipinski definition) is 8. The number of benzene rings is 1. The van der Waals surface area contributed by atoms with Crippen LogP contribution >= 0.6 is 0 Å². The SMILES string of the molecule is CC(C)(C)OC(=O)N1CCC(COc2noc3cccc(OC4(O)CCC(O[Si](C)(C)C(C)(C)C)CC4)c23)CC1. The molecule has 1 saturated carbocycles. The molecule has 40 heavy (non-hydrogen) atoms. The van der Waals surface area contributed by atoms with Crippen molar-refractivity contribution in [2.24, 2.45) is 5.92 Å². The Morgan fingerprint density at radius 2 is 1.75 bits per heavy atom. The molecule has 1 aliphatic carbocycles. The molecule has 2 aromatic rings. The fourth-order valence-electron chi connectivity index (χ4n) is 4.98. The standard InChI is InChI=1S/C30H48N2O7Si/c1-28(2,3)37-27(33)32-18-14-21(15-19-32)20-35-26-25-23(10-9-11-24(25)38-31-26)36-30(34)16-12-22(13-17-30)39-40(7,8)29(4,5)6/h9-11,21-22,34H,12-20H2,1-8H3. The zero-order chi connectivity index (χ0) is 29.3. The van der Waals surface area contributed by atoms with Crippen molar-refractivity contribution in [3.8, 4) is 11.6 Å². The maximum Gasteiger partial charge on any atom is 0.410 e. The Morgan fingerprint density at radius 3 is 2.35 bits per heavy atom. The maximum atomic E-state index is 12.4. The summed E-state index contributed by atoms with van der Waals surface area (Å²) in [6.45, 7) is 18.6. The van der Waals surface area contributed by atoms with Crippen LogP contribution in [0.15, 0.2) is 22.7 Å². The number of aliphatic hydroxyl groups is 1. The predicted molar refractivity (Wildman–Crippen MR) is 156 cm³/mol. The molecular formula is C30H48N2O7Si. The number of amides is 1. The lowest BCUT2D eigenvalue weighted by Gasteiger charge is -2.43. The van der Waals surface area contributed by atoms with Crippen molar-refractivity contribution in [2.75, 3.05) is 19.7 Å². The molecule has 1 amide bonds. The van der Waals surface area contributed by atoms with Gasteiger partial charge in [-0.05, 0) is 87.8 Å². The maximum absolute atomic E-state index is 12.4. The van der Waals surface area contributed by atoms with Gasteiger partial charge in [0.25, 0.3) is 5.88 Å². The van der Waals surface area contributed by atoms with Crippen LogP contribution in [-0.2, 0) is 9.16 Å². The molecule has 0 bridgehead atoms. The van der Waals surface area contributed by atoms with Gasteiger partial charge in [0, 0.05) is 32.0 Å². The molecule has 0 unspecified atom stereocenters. The van der Waals surface area contributed by atoms with E-state index in [1.165, 1.54) is 0 Å². The molecule has 1 N–H and O–H groups in total. The third kappa shape index (κ3) is 7.50. The van der Waals surface area contributed by atoms with Gasteiger partial charge in [-0.2, -0.15) is 0 Å². The molecule has 1 aliphatic heterocycles. The summed E-state index contributed by atoms with van der Waals surface area (Å²) >= 11 is 0. The Labute approximate surface area is 239 Å². The van der Waals surface area contributed by atoms with Gasteiger partial charge in [-0.3, -0.25) is 0 Å². The van der Waals surface area contributed by atoms with Gasteiger partial charge in [0.15, 0.2) is 13.9 Å². The van der Waals surface area contributed by atoms with Crippen molar-refractivity contribution in [1.29, 1.82) is 0 Å². The van der Waals surface area contributed by atoms with Crippen molar-refractivity contribution in [3.05, 3.63) is 18.2 Å². The molecule has 2 heterocycles. The molecule has 0 spiro atoms. The molecule has 0 radical (unpaired) electrons. The summed E-state index contributed by atoms with van der Waals surface area (Å²) < 4.78 is 30.0. The molecule has 1 saturated heterocycles. The Balaban J connectivity index is 1.34. The smallest absolute Gasteiger partial charge is 0.410 e. The topological polar surface area (TPSA) is 103 Å². The minimum Gasteiger partial charge on any atom is -0.475 e. The largest absolute Gasteiger partial charge is 0.475 e. The zero-order valence-electron chi connectivity index (χ0n) is 25.5. The van der Waals surface area contributed by atoms with Gasteiger partial charge in [-0.25, -0.2) is 4.79 Å². The number of likely N-dealkylation sites (tertiary alicyclic amines) is 1. The van der Waals surface area contributed by atoms with Crippen LogP contribution < -0.4 is 9.47 Å². The number of rotatable bonds is 7. The summed E-state index contributed by atoms with van der Waals surface area (Å²) in [5.74, 6) is -0.151. The number of piperidine rings is 1. The third-order valence-electron chi connectivity index (χ3n) is 8.43. The van der Waals surface area contributed by atoms with Crippen LogP contribution in [0.5, 0.6) is 11.6 Å². The van der Waals surface area contributed by atoms with Crippen LogP contribution in [0.3, 0.4) is 0 Å². The molecule has 2 aliphatic rings. The van der Waals surface area contributed by atoms with E-state index in [0.717, 1.165) is 25.7 Å². The van der Waals surface area contributed by atoms with Crippen molar-refractivity contribution in [3.63, 3.8) is 0 Å². The average molecular weight is 577 g/mol. The summed E-state index contributed by atoms with van der Waals surface area (Å²) in [5.41, 5.74) is 0.0429. The van der Waals surface area contributed by atoms with E-state index in [9.17, 15) is 9.90 Å². The number of fused-ring (bicyclic) bond motifs is 1. The number of hydrogen-bond donors (Lipinski definition) is 1. The van der Waals surface area contributed by atoms with Crippen molar-refractivity contribution < 1.29 is 33.1 Å². The first kappa shape index (κ1) is 30.7. The highest BCUT2D eigenvalue weighted by Gasteiger charge is 2.43. The average Bonchev–Trinajstić information content (AvgIpc) is 3.27. The van der Waals surface area contributed by atoms with Gasteiger partial charge in [-0.1, -0.05) is 26.8 Å². The van der Waals surface area contributed by atoms with Crippen LogP contribution in [0.1, 0.15) is 80.1 Å². The first-order valence-electron chi connectivity index (χ1n) is 14.6. The highest BCUT2D eigenvalue weighted by Crippen LogP contribution is 2.42. The van der Waals surface area contributed by atoms with Crippen molar-refractivity contribution in [2.45, 2.75) is 116 Å². The van der Waals surface area contributed by atoms with E-state index in [4.69, 9.17) is 23.2 Å². The predicted octanol–water partition coefficient (Wildman–Crippen LogP) is 6.89. The summed E-state index contributed by atoms with van der Waals surface area (Å²) in [5, 5.41) is 16.3. The molecule has 1 aromatic heterocycles. The molecule has 10 heteroatoms. The third-order valence-corrected chi connectivity index (χ3v) is 13.0. The van der Waals surface area contributed by atoms with E-state index in [2.05, 4.69) is 39.0 Å². The Hall–Kier alpha value is -2.30. The summed E-state index contributed by atoms with van der Waals surface area (Å²) in [7, 11) is -1.88. The highest BCUT2D eigenvalue weighted by atomic mass is 28.4. The minimum absolute atomic E-state index is 0.136. The van der Waals surface area contributed by atoms with Gasteiger partial charge in [0.2, 0.25) is 5.79 Å². The van der Waals surface area contributed by atoms with Gasteiger partial charge >= 0.3 is 6.09 Å². The second kappa shape index (κ2) is 11.5. The van der Waals surface area contributed by atoms with Gasteiger partial charge in [-0.15, -0.1) is 0 Å². The summed E-state index contributed by atoms with van der Waals surface area (Å²) in [6, 6.07) is 5.46. The number of aromatic nitrogens is 1. The van der Waals surface area contributed by atoms with Crippen molar-refractivity contribution >= 4 is 25.4 Å². The Morgan fingerprint density at radius 1 is 1.10 bits per heavy atom. The molecular weight excluding hydrogens is 528 g/mol. The lowest BCUT2D eigenvalue weighted by molar-refractivity contribution is -0.169. The number of carbonyl (C=O) groups is 1. The van der Waals surface area contributed by atoms with E-state index in [1.807, 2.05) is 39.0 Å². The zero-order valence-corrected chi connectivity index (χ0v) is 26.5. The minimum atomic E-state index is -1.88. The first-order valence-corrected chi connectivity index (χ1v) is 17.5. The van der Waals surface area contributed by atoms with Crippen molar-refractivity contribution in [1.82, 2.24) is 10.1 Å². The van der Waals surface area contributed by atoms with E-state index in [0.29, 0.717) is 55.1 Å². The van der Waals surface area contributed by atoms with Crippen LogP contribution in [0.4, 0.5) is 4.79 Å². The van der Waals surface area contributed by atoms with Crippen LogP contribution in [0.2, 0.25) is 18.1 Å². The first-order chi connectivity index (χ1) is 18.6. The summed E-state index contributed by atoms with van der Waals surface area (Å²) in [6.07, 6.45) is 3.96. The molecule has 2 fully saturated rings. The fourth-order valence-corrected chi connectivity index (χ4v) is 6.41. The van der Waals surface area contributed by atoms with Gasteiger partial charge in [0.05, 0.1) is 6.61 Å². The second-order valence-corrected chi connectivity index (χ2v) is 18.7. The molecule has 224 valence electrons. The van der Waals surface area contributed by atoms with E-state index in [-0.39, 0.29) is 23.2 Å². The number of carbonyl (C=O) groups excluding carboxylic acids is 1. The van der Waals surface area contributed by atoms with E-state index < -0.39 is 19.7 Å². The lowest BCUT2D eigenvalue weighted by Crippen LogP contribution is -2.48. The van der Waals surface area contributed by atoms with Crippen LogP contribution in [0.25, 0.3) is 11.0 Å². The normalized spacial score (nSPS) is 23.3. The molecule has 4 rings (SSSR count). The lowest BCUT2D eigenvalue weighted by atomic mass is 9.92. The molecule has 0 atom stereocenters. The quantitative estimate of drug-likeness (QED) is 0.281. The molecule has 9 nitrogen and oxygen atoms in total. The van der Waals surface area contributed by atoms with E-state index >= 15 is 0 Å².